The molecule has 1 unspecified atom stereocenters. The fraction of sp³-hybridized carbons (Fsp3) is 0.368. The van der Waals surface area contributed by atoms with Crippen molar-refractivity contribution in [2.24, 2.45) is 0 Å². The Morgan fingerprint density at radius 3 is 2.56 bits per heavy atom. The van der Waals surface area contributed by atoms with Gasteiger partial charge in [-0.25, -0.2) is 13.1 Å². The average molecular weight is 360 g/mol. The molecule has 0 spiro atoms. The molecule has 1 aliphatic rings. The minimum atomic E-state index is -3.50. The van der Waals surface area contributed by atoms with E-state index in [1.54, 1.807) is 24.3 Å². The van der Waals surface area contributed by atoms with Gasteiger partial charge in [-0.3, -0.25) is 4.90 Å². The number of hydrogen-bond donors (Lipinski definition) is 1. The summed E-state index contributed by atoms with van der Waals surface area (Å²) in [4.78, 5) is 2.58. The first-order valence-corrected chi connectivity index (χ1v) is 9.95. The zero-order valence-corrected chi connectivity index (χ0v) is 15.2. The second-order valence-corrected chi connectivity index (χ2v) is 8.15. The van der Waals surface area contributed by atoms with E-state index in [2.05, 4.69) is 21.8 Å². The summed E-state index contributed by atoms with van der Waals surface area (Å²) in [7, 11) is -3.50. The highest BCUT2D eigenvalue weighted by Crippen LogP contribution is 2.12. The lowest BCUT2D eigenvalue weighted by molar-refractivity contribution is -0.0276. The van der Waals surface area contributed by atoms with Crippen LogP contribution in [0.2, 0.25) is 0 Å². The summed E-state index contributed by atoms with van der Waals surface area (Å²) in [5, 5.41) is 0. The number of aryl methyl sites for hydroxylation is 1. The van der Waals surface area contributed by atoms with Crippen LogP contribution in [0.3, 0.4) is 0 Å². The standard InChI is InChI=1S/C19H24N2O3S/c1-16-7-9-19(10-8-16)25(22,23)20-13-18-15-21(11-12-24-18)14-17-5-3-2-4-6-17/h2-10,18,20H,11-15H2,1H3. The molecular weight excluding hydrogens is 336 g/mol. The smallest absolute Gasteiger partial charge is 0.240 e. The highest BCUT2D eigenvalue weighted by atomic mass is 32.2. The summed E-state index contributed by atoms with van der Waals surface area (Å²) in [5.74, 6) is 0. The number of nitrogens with one attached hydrogen (secondary N) is 1. The van der Waals surface area contributed by atoms with Gasteiger partial charge in [0, 0.05) is 26.2 Å². The zero-order valence-electron chi connectivity index (χ0n) is 14.4. The monoisotopic (exact) mass is 360 g/mol. The SMILES string of the molecule is Cc1ccc(S(=O)(=O)NCC2CN(Cc3ccccc3)CCO2)cc1. The van der Waals surface area contributed by atoms with Crippen LogP contribution in [0.15, 0.2) is 59.5 Å². The van der Waals surface area contributed by atoms with Crippen molar-refractivity contribution in [3.05, 3.63) is 65.7 Å². The lowest BCUT2D eigenvalue weighted by Crippen LogP contribution is -2.47. The maximum Gasteiger partial charge on any atom is 0.240 e. The highest BCUT2D eigenvalue weighted by molar-refractivity contribution is 7.89. The molecule has 3 rings (SSSR count). The Bertz CT molecular complexity index is 776. The third-order valence-electron chi connectivity index (χ3n) is 4.30. The molecule has 1 atom stereocenters. The van der Waals surface area contributed by atoms with Gasteiger partial charge in [0.05, 0.1) is 17.6 Å². The van der Waals surface area contributed by atoms with Gasteiger partial charge in [-0.2, -0.15) is 0 Å². The predicted octanol–water partition coefficient (Wildman–Crippen LogP) is 2.17. The van der Waals surface area contributed by atoms with Crippen LogP contribution in [-0.4, -0.2) is 45.7 Å². The van der Waals surface area contributed by atoms with Gasteiger partial charge < -0.3 is 4.74 Å². The topological polar surface area (TPSA) is 58.6 Å². The van der Waals surface area contributed by atoms with E-state index in [0.29, 0.717) is 13.2 Å². The van der Waals surface area contributed by atoms with Crippen molar-refractivity contribution in [2.45, 2.75) is 24.5 Å². The molecule has 1 fully saturated rings. The summed E-state index contributed by atoms with van der Waals surface area (Å²) in [6.07, 6.45) is -0.141. The van der Waals surface area contributed by atoms with Crippen molar-refractivity contribution in [1.82, 2.24) is 9.62 Å². The third kappa shape index (κ3) is 5.12. The Kier molecular flexibility index (Phi) is 5.86. The van der Waals surface area contributed by atoms with Crippen molar-refractivity contribution >= 4 is 10.0 Å². The normalized spacial score (nSPS) is 19.0. The molecule has 0 aliphatic carbocycles. The number of morpholine rings is 1. The van der Waals surface area contributed by atoms with Gasteiger partial charge in [-0.15, -0.1) is 0 Å². The van der Waals surface area contributed by atoms with E-state index in [1.807, 2.05) is 25.1 Å². The Morgan fingerprint density at radius 1 is 1.12 bits per heavy atom. The molecule has 2 aromatic rings. The number of rotatable bonds is 6. The van der Waals surface area contributed by atoms with E-state index in [4.69, 9.17) is 4.74 Å². The quantitative estimate of drug-likeness (QED) is 0.858. The second-order valence-electron chi connectivity index (χ2n) is 6.38. The van der Waals surface area contributed by atoms with Gasteiger partial charge in [0.25, 0.3) is 0 Å². The molecular formula is C19H24N2O3S. The minimum absolute atomic E-state index is 0.141. The van der Waals surface area contributed by atoms with Gasteiger partial charge in [-0.1, -0.05) is 48.0 Å². The average Bonchev–Trinajstić information content (AvgIpc) is 2.62. The molecule has 0 aromatic heterocycles. The van der Waals surface area contributed by atoms with Crippen molar-refractivity contribution < 1.29 is 13.2 Å². The fourth-order valence-electron chi connectivity index (χ4n) is 2.89. The molecule has 0 radical (unpaired) electrons. The summed E-state index contributed by atoms with van der Waals surface area (Å²) in [5.41, 5.74) is 2.29. The van der Waals surface area contributed by atoms with Crippen molar-refractivity contribution in [1.29, 1.82) is 0 Å². The van der Waals surface area contributed by atoms with Gasteiger partial charge in [0.15, 0.2) is 0 Å². The van der Waals surface area contributed by atoms with Crippen LogP contribution in [0.5, 0.6) is 0 Å². The largest absolute Gasteiger partial charge is 0.374 e. The molecule has 1 saturated heterocycles. The van der Waals surface area contributed by atoms with E-state index in [-0.39, 0.29) is 17.5 Å². The summed E-state index contributed by atoms with van der Waals surface area (Å²) in [6.45, 7) is 5.25. The molecule has 2 aromatic carbocycles. The van der Waals surface area contributed by atoms with Crippen molar-refractivity contribution in [3.63, 3.8) is 0 Å². The number of hydrogen-bond acceptors (Lipinski definition) is 4. The van der Waals surface area contributed by atoms with E-state index in [1.165, 1.54) is 5.56 Å². The lowest BCUT2D eigenvalue weighted by atomic mass is 10.2. The number of nitrogens with zero attached hydrogens (tertiary/aromatic N) is 1. The summed E-state index contributed by atoms with van der Waals surface area (Å²) < 4.78 is 33.2. The number of sulfonamides is 1. The van der Waals surface area contributed by atoms with E-state index in [9.17, 15) is 8.42 Å². The minimum Gasteiger partial charge on any atom is -0.374 e. The summed E-state index contributed by atoms with van der Waals surface area (Å²) in [6, 6.07) is 17.1. The predicted molar refractivity (Wildman–Crippen MR) is 97.8 cm³/mol. The van der Waals surface area contributed by atoms with Gasteiger partial charge in [-0.05, 0) is 24.6 Å². The first-order valence-electron chi connectivity index (χ1n) is 8.47. The van der Waals surface area contributed by atoms with Crippen LogP contribution in [0, 0.1) is 6.92 Å². The Balaban J connectivity index is 1.55. The lowest BCUT2D eigenvalue weighted by Gasteiger charge is -2.33. The third-order valence-corrected chi connectivity index (χ3v) is 5.74. The van der Waals surface area contributed by atoms with Crippen LogP contribution in [-0.2, 0) is 21.3 Å². The molecule has 5 nitrogen and oxygen atoms in total. The molecule has 6 heteroatoms. The Morgan fingerprint density at radius 2 is 1.84 bits per heavy atom. The van der Waals surface area contributed by atoms with E-state index >= 15 is 0 Å². The number of ether oxygens (including phenoxy) is 1. The van der Waals surface area contributed by atoms with Crippen LogP contribution in [0.4, 0.5) is 0 Å². The fourth-order valence-corrected chi connectivity index (χ4v) is 3.96. The Labute approximate surface area is 149 Å². The van der Waals surface area contributed by atoms with Gasteiger partial charge >= 0.3 is 0 Å². The first-order chi connectivity index (χ1) is 12.0. The molecule has 0 bridgehead atoms. The Hall–Kier alpha value is -1.73. The summed E-state index contributed by atoms with van der Waals surface area (Å²) >= 11 is 0. The number of benzene rings is 2. The van der Waals surface area contributed by atoms with Gasteiger partial charge in [0.2, 0.25) is 10.0 Å². The van der Waals surface area contributed by atoms with E-state index < -0.39 is 10.0 Å². The molecule has 0 amide bonds. The molecule has 1 heterocycles. The van der Waals surface area contributed by atoms with Crippen LogP contribution in [0.1, 0.15) is 11.1 Å². The molecule has 1 aliphatic heterocycles. The second kappa shape index (κ2) is 8.10. The molecule has 25 heavy (non-hydrogen) atoms. The first kappa shape index (κ1) is 18.1. The van der Waals surface area contributed by atoms with Crippen LogP contribution >= 0.6 is 0 Å². The molecule has 0 saturated carbocycles. The van der Waals surface area contributed by atoms with Crippen molar-refractivity contribution in [3.8, 4) is 0 Å². The van der Waals surface area contributed by atoms with Crippen LogP contribution in [0.25, 0.3) is 0 Å². The maximum absolute atomic E-state index is 12.4. The van der Waals surface area contributed by atoms with Crippen molar-refractivity contribution in [2.75, 3.05) is 26.2 Å². The molecule has 134 valence electrons. The van der Waals surface area contributed by atoms with Gasteiger partial charge in [0.1, 0.15) is 0 Å². The maximum atomic E-state index is 12.4. The van der Waals surface area contributed by atoms with Crippen LogP contribution < -0.4 is 4.72 Å². The molecule has 1 N–H and O–H groups in total. The van der Waals surface area contributed by atoms with E-state index in [0.717, 1.165) is 18.7 Å². The highest BCUT2D eigenvalue weighted by Gasteiger charge is 2.23. The zero-order chi connectivity index (χ0) is 17.7.